The van der Waals surface area contributed by atoms with Crippen molar-refractivity contribution in [2.75, 3.05) is 38.1 Å². The molecule has 3 heterocycles. The Hall–Kier alpha value is -3.34. The van der Waals surface area contributed by atoms with Crippen LogP contribution in [0, 0.1) is 11.8 Å². The number of carbonyl (C=O) groups excluding carboxylic acids is 4. The van der Waals surface area contributed by atoms with E-state index in [0.717, 1.165) is 11.3 Å². The Morgan fingerprint density at radius 1 is 0.971 bits per heavy atom. The zero-order chi connectivity index (χ0) is 24.8. The van der Waals surface area contributed by atoms with Crippen LogP contribution in [0.4, 0.5) is 5.69 Å². The second kappa shape index (κ2) is 11.4. The van der Waals surface area contributed by atoms with Crippen molar-refractivity contribution in [1.29, 1.82) is 0 Å². The zero-order valence-corrected chi connectivity index (χ0v) is 20.5. The highest BCUT2D eigenvalue weighted by Crippen LogP contribution is 2.25. The van der Waals surface area contributed by atoms with Gasteiger partial charge in [0.1, 0.15) is 0 Å². The number of aromatic nitrogens is 2. The van der Waals surface area contributed by atoms with Gasteiger partial charge in [0.25, 0.3) is 11.8 Å². The van der Waals surface area contributed by atoms with Crippen LogP contribution in [0.25, 0.3) is 0 Å². The number of amides is 3. The van der Waals surface area contributed by atoms with E-state index in [0.29, 0.717) is 64.2 Å². The highest BCUT2D eigenvalue weighted by atomic mass is 32.1. The molecular weight excluding hydrogens is 470 g/mol. The van der Waals surface area contributed by atoms with Crippen LogP contribution in [0.5, 0.6) is 0 Å². The molecule has 0 aliphatic carbocycles. The number of likely N-dealkylation sites (tertiary alicyclic amines) is 2. The fourth-order valence-electron chi connectivity index (χ4n) is 4.46. The molecule has 2 aliphatic rings. The molecule has 0 bridgehead atoms. The molecule has 2 saturated heterocycles. The SMILES string of the molecule is CCOC(=O)C1CCN(C(=O)[C@@H]2CCCN(C(=O)c3nnc(C(=O)Nc4ccccc4)s3)C2)CC1. The van der Waals surface area contributed by atoms with E-state index in [9.17, 15) is 19.2 Å². The molecule has 1 atom stereocenters. The minimum absolute atomic E-state index is 0.0185. The number of piperidine rings is 2. The van der Waals surface area contributed by atoms with Crippen LogP contribution >= 0.6 is 11.3 Å². The summed E-state index contributed by atoms with van der Waals surface area (Å²) in [4.78, 5) is 54.0. The van der Waals surface area contributed by atoms with E-state index in [4.69, 9.17) is 4.74 Å². The quantitative estimate of drug-likeness (QED) is 0.606. The van der Waals surface area contributed by atoms with Gasteiger partial charge in [-0.25, -0.2) is 0 Å². The standard InChI is InChI=1S/C24H29N5O5S/c1-2-34-24(33)16-10-13-28(14-11-16)22(31)17-7-6-12-29(15-17)23(32)21-27-26-20(35-21)19(30)25-18-8-4-3-5-9-18/h3-5,8-9,16-17H,2,6-7,10-15H2,1H3,(H,25,30)/t17-/m1/s1. The summed E-state index contributed by atoms with van der Waals surface area (Å²) in [5, 5.41) is 10.8. The lowest BCUT2D eigenvalue weighted by Crippen LogP contribution is -2.49. The molecule has 3 amide bonds. The van der Waals surface area contributed by atoms with Crippen molar-refractivity contribution in [3.8, 4) is 0 Å². The molecule has 1 aromatic heterocycles. The summed E-state index contributed by atoms with van der Waals surface area (Å²) in [6, 6.07) is 8.98. The molecule has 10 nitrogen and oxygen atoms in total. The lowest BCUT2D eigenvalue weighted by atomic mass is 9.93. The van der Waals surface area contributed by atoms with Gasteiger partial charge in [-0.15, -0.1) is 10.2 Å². The summed E-state index contributed by atoms with van der Waals surface area (Å²) >= 11 is 0.942. The Morgan fingerprint density at radius 3 is 2.40 bits per heavy atom. The molecule has 0 saturated carbocycles. The number of anilines is 1. The van der Waals surface area contributed by atoms with Gasteiger partial charge in [0, 0.05) is 31.9 Å². The molecule has 2 aliphatic heterocycles. The number of hydrogen-bond acceptors (Lipinski definition) is 8. The third kappa shape index (κ3) is 6.02. The van der Waals surface area contributed by atoms with Gasteiger partial charge in [0.05, 0.1) is 18.4 Å². The second-order valence-corrected chi connectivity index (χ2v) is 9.65. The number of carbonyl (C=O) groups is 4. The summed E-state index contributed by atoms with van der Waals surface area (Å²) in [6.07, 6.45) is 2.61. The van der Waals surface area contributed by atoms with Gasteiger partial charge in [0.2, 0.25) is 15.9 Å². The van der Waals surface area contributed by atoms with Gasteiger partial charge >= 0.3 is 5.97 Å². The predicted octanol–water partition coefficient (Wildman–Crippen LogP) is 2.44. The van der Waals surface area contributed by atoms with E-state index >= 15 is 0 Å². The molecule has 1 aromatic carbocycles. The predicted molar refractivity (Wildman–Crippen MR) is 129 cm³/mol. The molecule has 2 aromatic rings. The number of benzene rings is 1. The Morgan fingerprint density at radius 2 is 1.69 bits per heavy atom. The van der Waals surface area contributed by atoms with Crippen LogP contribution in [0.3, 0.4) is 0 Å². The molecule has 2 fully saturated rings. The second-order valence-electron chi connectivity index (χ2n) is 8.67. The van der Waals surface area contributed by atoms with Crippen molar-refractivity contribution < 1.29 is 23.9 Å². The topological polar surface area (TPSA) is 122 Å². The normalized spacial score (nSPS) is 18.7. The van der Waals surface area contributed by atoms with Crippen molar-refractivity contribution in [2.45, 2.75) is 32.6 Å². The van der Waals surface area contributed by atoms with Crippen LogP contribution in [0.1, 0.15) is 52.2 Å². The summed E-state index contributed by atoms with van der Waals surface area (Å²) in [5.74, 6) is -1.37. The largest absolute Gasteiger partial charge is 0.466 e. The molecule has 4 rings (SSSR count). The fraction of sp³-hybridized carbons (Fsp3) is 0.500. The first-order valence-electron chi connectivity index (χ1n) is 11.9. The molecule has 0 unspecified atom stereocenters. The first kappa shape index (κ1) is 24.8. The number of nitrogens with zero attached hydrogens (tertiary/aromatic N) is 4. The van der Waals surface area contributed by atoms with Crippen molar-refractivity contribution in [2.24, 2.45) is 11.8 Å². The van der Waals surface area contributed by atoms with E-state index in [2.05, 4.69) is 15.5 Å². The number of para-hydroxylation sites is 1. The summed E-state index contributed by atoms with van der Waals surface area (Å²) < 4.78 is 5.10. The first-order chi connectivity index (χ1) is 17.0. The van der Waals surface area contributed by atoms with Crippen LogP contribution in [-0.2, 0) is 14.3 Å². The number of ether oxygens (including phenoxy) is 1. The molecule has 186 valence electrons. The molecule has 0 radical (unpaired) electrons. The Balaban J connectivity index is 1.32. The molecule has 11 heteroatoms. The van der Waals surface area contributed by atoms with Crippen molar-refractivity contribution in [3.05, 3.63) is 40.3 Å². The molecule has 35 heavy (non-hydrogen) atoms. The zero-order valence-electron chi connectivity index (χ0n) is 19.6. The highest BCUT2D eigenvalue weighted by molar-refractivity contribution is 7.15. The van der Waals surface area contributed by atoms with Crippen LogP contribution in [-0.4, -0.2) is 76.5 Å². The summed E-state index contributed by atoms with van der Waals surface area (Å²) in [7, 11) is 0. The van der Waals surface area contributed by atoms with Crippen molar-refractivity contribution in [3.63, 3.8) is 0 Å². The lowest BCUT2D eigenvalue weighted by molar-refractivity contribution is -0.152. The minimum Gasteiger partial charge on any atom is -0.466 e. The van der Waals surface area contributed by atoms with E-state index in [1.54, 1.807) is 41.0 Å². The molecular formula is C24H29N5O5S. The smallest absolute Gasteiger partial charge is 0.309 e. The van der Waals surface area contributed by atoms with Crippen LogP contribution in [0.2, 0.25) is 0 Å². The molecule has 1 N–H and O–H groups in total. The van der Waals surface area contributed by atoms with E-state index in [1.807, 2.05) is 6.07 Å². The highest BCUT2D eigenvalue weighted by Gasteiger charge is 2.35. The van der Waals surface area contributed by atoms with Crippen molar-refractivity contribution in [1.82, 2.24) is 20.0 Å². The molecule has 0 spiro atoms. The maximum atomic E-state index is 13.1. The van der Waals surface area contributed by atoms with Gasteiger partial charge in [-0.2, -0.15) is 0 Å². The number of hydrogen-bond donors (Lipinski definition) is 1. The van der Waals surface area contributed by atoms with Crippen LogP contribution < -0.4 is 5.32 Å². The third-order valence-electron chi connectivity index (χ3n) is 6.32. The fourth-order valence-corrected chi connectivity index (χ4v) is 5.17. The Labute approximate surface area is 207 Å². The Bertz CT molecular complexity index is 1070. The van der Waals surface area contributed by atoms with E-state index in [-0.39, 0.29) is 39.6 Å². The van der Waals surface area contributed by atoms with Crippen LogP contribution in [0.15, 0.2) is 30.3 Å². The number of nitrogens with one attached hydrogen (secondary N) is 1. The van der Waals surface area contributed by atoms with E-state index in [1.165, 1.54) is 0 Å². The maximum absolute atomic E-state index is 13.1. The maximum Gasteiger partial charge on any atom is 0.309 e. The summed E-state index contributed by atoms with van der Waals surface area (Å²) in [6.45, 7) is 4.01. The van der Waals surface area contributed by atoms with Gasteiger partial charge < -0.3 is 19.9 Å². The minimum atomic E-state index is -0.425. The number of rotatable bonds is 6. The average Bonchev–Trinajstić information content (AvgIpc) is 3.39. The third-order valence-corrected chi connectivity index (χ3v) is 7.23. The first-order valence-corrected chi connectivity index (χ1v) is 12.7. The van der Waals surface area contributed by atoms with E-state index < -0.39 is 5.91 Å². The van der Waals surface area contributed by atoms with Gasteiger partial charge in [-0.1, -0.05) is 29.5 Å². The average molecular weight is 500 g/mol. The number of esters is 1. The monoisotopic (exact) mass is 499 g/mol. The van der Waals surface area contributed by atoms with Crippen molar-refractivity contribution >= 4 is 40.7 Å². The van der Waals surface area contributed by atoms with Gasteiger partial charge in [-0.05, 0) is 44.7 Å². The lowest BCUT2D eigenvalue weighted by Gasteiger charge is -2.37. The van der Waals surface area contributed by atoms with Gasteiger partial charge in [-0.3, -0.25) is 19.2 Å². The van der Waals surface area contributed by atoms with Gasteiger partial charge in [0.15, 0.2) is 0 Å². The Kier molecular flexibility index (Phi) is 8.06. The summed E-state index contributed by atoms with van der Waals surface area (Å²) in [5.41, 5.74) is 0.629.